The highest BCUT2D eigenvalue weighted by atomic mass is 32.1. The molecule has 0 aliphatic carbocycles. The summed E-state index contributed by atoms with van der Waals surface area (Å²) >= 11 is 1.40. The Kier molecular flexibility index (Phi) is 2.09. The third-order valence-corrected chi connectivity index (χ3v) is 2.46. The minimum atomic E-state index is 0.0847. The van der Waals surface area contributed by atoms with Crippen molar-refractivity contribution in [3.05, 3.63) is 10.6 Å². The first-order valence-corrected chi connectivity index (χ1v) is 3.96. The fourth-order valence-corrected chi connectivity index (χ4v) is 1.53. The van der Waals surface area contributed by atoms with Gasteiger partial charge in [0.15, 0.2) is 5.13 Å². The summed E-state index contributed by atoms with van der Waals surface area (Å²) in [5.74, 6) is 0.0847. The standard InChI is InChI=1S/C6H10N4S/c1-3-4(5(7)8)11-6(9-2)10-3/h1-2H3,(H3,7,8)(H,9,10). The molecule has 0 aromatic carbocycles. The van der Waals surface area contributed by atoms with Crippen molar-refractivity contribution in [2.75, 3.05) is 12.4 Å². The lowest BCUT2D eigenvalue weighted by Gasteiger charge is -1.89. The zero-order valence-corrected chi connectivity index (χ0v) is 7.25. The number of nitrogen functional groups attached to an aromatic ring is 1. The number of anilines is 1. The molecular weight excluding hydrogens is 160 g/mol. The first-order valence-electron chi connectivity index (χ1n) is 3.14. The number of aromatic nitrogens is 1. The Balaban J connectivity index is 3.07. The Hall–Kier alpha value is -1.10. The molecule has 11 heavy (non-hydrogen) atoms. The fourth-order valence-electron chi connectivity index (χ4n) is 0.753. The van der Waals surface area contributed by atoms with Crippen LogP contribution in [0.25, 0.3) is 0 Å². The van der Waals surface area contributed by atoms with Crippen molar-refractivity contribution < 1.29 is 0 Å². The molecule has 5 heteroatoms. The minimum absolute atomic E-state index is 0.0847. The van der Waals surface area contributed by atoms with Crippen molar-refractivity contribution in [2.45, 2.75) is 6.92 Å². The van der Waals surface area contributed by atoms with E-state index in [-0.39, 0.29) is 5.84 Å². The van der Waals surface area contributed by atoms with Gasteiger partial charge in [0.25, 0.3) is 0 Å². The van der Waals surface area contributed by atoms with E-state index in [2.05, 4.69) is 10.3 Å². The molecule has 4 nitrogen and oxygen atoms in total. The predicted octanol–water partition coefficient (Wildman–Crippen LogP) is 0.777. The maximum Gasteiger partial charge on any atom is 0.183 e. The van der Waals surface area contributed by atoms with E-state index in [0.717, 1.165) is 15.7 Å². The van der Waals surface area contributed by atoms with Crippen molar-refractivity contribution in [1.82, 2.24) is 4.98 Å². The lowest BCUT2D eigenvalue weighted by Crippen LogP contribution is -2.10. The average molecular weight is 170 g/mol. The molecule has 1 aromatic heterocycles. The maximum absolute atomic E-state index is 7.19. The molecule has 0 atom stereocenters. The van der Waals surface area contributed by atoms with E-state index in [1.165, 1.54) is 11.3 Å². The van der Waals surface area contributed by atoms with E-state index in [4.69, 9.17) is 11.1 Å². The second kappa shape index (κ2) is 2.87. The zero-order chi connectivity index (χ0) is 8.43. The summed E-state index contributed by atoms with van der Waals surface area (Å²) in [6, 6.07) is 0. The van der Waals surface area contributed by atoms with E-state index in [0.29, 0.717) is 0 Å². The van der Waals surface area contributed by atoms with Gasteiger partial charge in [-0.15, -0.1) is 0 Å². The van der Waals surface area contributed by atoms with Gasteiger partial charge in [0.1, 0.15) is 5.84 Å². The van der Waals surface area contributed by atoms with E-state index in [1.807, 2.05) is 6.92 Å². The van der Waals surface area contributed by atoms with E-state index < -0.39 is 0 Å². The van der Waals surface area contributed by atoms with Crippen LogP contribution in [0.4, 0.5) is 5.13 Å². The van der Waals surface area contributed by atoms with Gasteiger partial charge in [0, 0.05) is 7.05 Å². The molecule has 0 bridgehead atoms. The highest BCUT2D eigenvalue weighted by Gasteiger charge is 2.07. The monoisotopic (exact) mass is 170 g/mol. The summed E-state index contributed by atoms with van der Waals surface area (Å²) in [5.41, 5.74) is 6.12. The largest absolute Gasteiger partial charge is 0.383 e. The molecule has 0 saturated carbocycles. The molecule has 0 spiro atoms. The van der Waals surface area contributed by atoms with Crippen LogP contribution in [0, 0.1) is 12.3 Å². The highest BCUT2D eigenvalue weighted by molar-refractivity contribution is 7.17. The molecule has 0 aliphatic rings. The van der Waals surface area contributed by atoms with Gasteiger partial charge < -0.3 is 11.1 Å². The van der Waals surface area contributed by atoms with Gasteiger partial charge in [-0.2, -0.15) is 0 Å². The molecule has 1 aromatic rings. The molecule has 0 saturated heterocycles. The molecule has 4 N–H and O–H groups in total. The number of rotatable bonds is 2. The third-order valence-electron chi connectivity index (χ3n) is 1.26. The lowest BCUT2D eigenvalue weighted by molar-refractivity contribution is 1.24. The summed E-state index contributed by atoms with van der Waals surface area (Å²) < 4.78 is 0. The number of nitrogens with one attached hydrogen (secondary N) is 2. The molecule has 60 valence electrons. The first kappa shape index (κ1) is 8.00. The van der Waals surface area contributed by atoms with Gasteiger partial charge in [-0.25, -0.2) is 4.98 Å². The van der Waals surface area contributed by atoms with E-state index in [9.17, 15) is 0 Å². The van der Waals surface area contributed by atoms with Crippen LogP contribution in [-0.4, -0.2) is 17.9 Å². The Bertz CT molecular complexity index is 278. The van der Waals surface area contributed by atoms with Crippen LogP contribution < -0.4 is 11.1 Å². The molecule has 0 amide bonds. The van der Waals surface area contributed by atoms with E-state index >= 15 is 0 Å². The second-order valence-corrected chi connectivity index (χ2v) is 3.10. The van der Waals surface area contributed by atoms with Gasteiger partial charge in [-0.3, -0.25) is 5.41 Å². The third kappa shape index (κ3) is 1.48. The van der Waals surface area contributed by atoms with Gasteiger partial charge in [-0.1, -0.05) is 11.3 Å². The van der Waals surface area contributed by atoms with Crippen molar-refractivity contribution in [2.24, 2.45) is 5.73 Å². The number of aryl methyl sites for hydroxylation is 1. The van der Waals surface area contributed by atoms with Gasteiger partial charge in [0.2, 0.25) is 0 Å². The summed E-state index contributed by atoms with van der Waals surface area (Å²) in [5, 5.41) is 10.9. The number of amidine groups is 1. The Morgan fingerprint density at radius 2 is 2.36 bits per heavy atom. The maximum atomic E-state index is 7.19. The lowest BCUT2D eigenvalue weighted by atomic mass is 10.4. The minimum Gasteiger partial charge on any atom is -0.383 e. The average Bonchev–Trinajstić information content (AvgIpc) is 2.30. The number of hydrogen-bond donors (Lipinski definition) is 3. The Morgan fingerprint density at radius 1 is 1.73 bits per heavy atom. The van der Waals surface area contributed by atoms with Gasteiger partial charge in [0.05, 0.1) is 10.6 Å². The zero-order valence-electron chi connectivity index (χ0n) is 6.43. The summed E-state index contributed by atoms with van der Waals surface area (Å²) in [6.45, 7) is 1.84. The SMILES string of the molecule is CNc1nc(C)c(C(=N)N)s1. The molecule has 0 fully saturated rings. The van der Waals surface area contributed by atoms with Crippen molar-refractivity contribution in [3.63, 3.8) is 0 Å². The highest BCUT2D eigenvalue weighted by Crippen LogP contribution is 2.20. The van der Waals surface area contributed by atoms with Crippen LogP contribution in [-0.2, 0) is 0 Å². The normalized spacial score (nSPS) is 9.64. The number of thiazole rings is 1. The van der Waals surface area contributed by atoms with Crippen LogP contribution in [0.3, 0.4) is 0 Å². The van der Waals surface area contributed by atoms with Crippen molar-refractivity contribution in [1.29, 1.82) is 5.41 Å². The molecular formula is C6H10N4S. The van der Waals surface area contributed by atoms with Crippen LogP contribution in [0.1, 0.15) is 10.6 Å². The number of nitrogens with two attached hydrogens (primary N) is 1. The van der Waals surface area contributed by atoms with Crippen LogP contribution in [0.2, 0.25) is 0 Å². The molecule has 1 rings (SSSR count). The first-order chi connectivity index (χ1) is 5.15. The van der Waals surface area contributed by atoms with Crippen LogP contribution >= 0.6 is 11.3 Å². The van der Waals surface area contributed by atoms with Crippen molar-refractivity contribution >= 4 is 22.3 Å². The quantitative estimate of drug-likeness (QED) is 0.453. The molecule has 1 heterocycles. The Labute approximate surface area is 69.0 Å². The molecule has 0 radical (unpaired) electrons. The number of hydrogen-bond acceptors (Lipinski definition) is 4. The Morgan fingerprint density at radius 3 is 2.64 bits per heavy atom. The second-order valence-electron chi connectivity index (χ2n) is 2.10. The van der Waals surface area contributed by atoms with Crippen LogP contribution in [0.15, 0.2) is 0 Å². The van der Waals surface area contributed by atoms with E-state index in [1.54, 1.807) is 7.05 Å². The van der Waals surface area contributed by atoms with Crippen LogP contribution in [0.5, 0.6) is 0 Å². The predicted molar refractivity (Wildman–Crippen MR) is 47.4 cm³/mol. The van der Waals surface area contributed by atoms with Gasteiger partial charge >= 0.3 is 0 Å². The summed E-state index contributed by atoms with van der Waals surface area (Å²) in [6.07, 6.45) is 0. The smallest absolute Gasteiger partial charge is 0.183 e. The van der Waals surface area contributed by atoms with Crippen molar-refractivity contribution in [3.8, 4) is 0 Å². The van der Waals surface area contributed by atoms with Gasteiger partial charge in [-0.05, 0) is 6.92 Å². The fraction of sp³-hybridized carbons (Fsp3) is 0.333. The molecule has 0 unspecified atom stereocenters. The summed E-state index contributed by atoms with van der Waals surface area (Å²) in [7, 11) is 1.79. The number of nitrogens with zero attached hydrogens (tertiary/aromatic N) is 1. The topological polar surface area (TPSA) is 74.8 Å². The molecule has 0 aliphatic heterocycles. The summed E-state index contributed by atoms with van der Waals surface area (Å²) in [4.78, 5) is 4.88.